The van der Waals surface area contributed by atoms with Gasteiger partial charge >= 0.3 is 0 Å². The van der Waals surface area contributed by atoms with Crippen LogP contribution in [-0.2, 0) is 25.5 Å². The average molecular weight is 456 g/mol. The molecule has 1 aromatic rings. The average Bonchev–Trinajstić information content (AvgIpc) is 2.99. The molecule has 180 valence electrons. The topological polar surface area (TPSA) is 87.7 Å². The second kappa shape index (κ2) is 9.45. The zero-order valence-corrected chi connectivity index (χ0v) is 20.2. The normalized spacial score (nSPS) is 29.5. The van der Waals surface area contributed by atoms with Gasteiger partial charge in [0.1, 0.15) is 18.3 Å². The van der Waals surface area contributed by atoms with Crippen molar-refractivity contribution in [3.8, 4) is 0 Å². The molecule has 2 saturated heterocycles. The maximum atomic E-state index is 13.7. The Kier molecular flexibility index (Phi) is 6.80. The molecule has 2 aliphatic heterocycles. The van der Waals surface area contributed by atoms with E-state index in [2.05, 4.69) is 22.8 Å². The number of nitrogens with zero attached hydrogens (tertiary/aromatic N) is 1. The molecule has 2 fully saturated rings. The Morgan fingerprint density at radius 1 is 1.18 bits per heavy atom. The Labute approximate surface area is 196 Å². The first-order chi connectivity index (χ1) is 15.7. The number of hydrogen-bond donors (Lipinski definition) is 2. The second-order valence-electron chi connectivity index (χ2n) is 10.5. The van der Waals surface area contributed by atoms with E-state index in [4.69, 9.17) is 4.74 Å². The molecule has 1 unspecified atom stereocenters. The van der Waals surface area contributed by atoms with Gasteiger partial charge in [0.15, 0.2) is 0 Å². The van der Waals surface area contributed by atoms with E-state index >= 15 is 0 Å². The molecular weight excluding hydrogens is 418 g/mol. The molecule has 33 heavy (non-hydrogen) atoms. The predicted molar refractivity (Wildman–Crippen MR) is 125 cm³/mol. The van der Waals surface area contributed by atoms with Crippen LogP contribution in [-0.4, -0.2) is 47.5 Å². The Bertz CT molecular complexity index is 915. The standard InChI is InChI=1S/C26H37N3O4/c1-5-16(2)23(30)28-20-13-14-33-21-15-26(3,4)22(29(21)25(20)32)24(31)27-19-12-8-10-17-9-6-7-11-18(17)19/h6-7,9,11,16,19-22H,5,8,10,12-15H2,1-4H3,(H,27,31)(H,28,30)/t16-,19-,20+,21+,22?/m1/s1. The summed E-state index contributed by atoms with van der Waals surface area (Å²) in [5.41, 5.74) is 2.00. The molecule has 7 heteroatoms. The quantitative estimate of drug-likeness (QED) is 0.714. The zero-order chi connectivity index (χ0) is 23.8. The van der Waals surface area contributed by atoms with Crippen LogP contribution in [0.3, 0.4) is 0 Å². The Morgan fingerprint density at radius 2 is 1.94 bits per heavy atom. The minimum Gasteiger partial charge on any atom is -0.358 e. The molecule has 5 atom stereocenters. The number of hydrogen-bond acceptors (Lipinski definition) is 4. The van der Waals surface area contributed by atoms with Crippen molar-refractivity contribution in [3.63, 3.8) is 0 Å². The van der Waals surface area contributed by atoms with Gasteiger partial charge in [0.2, 0.25) is 17.7 Å². The molecule has 0 saturated carbocycles. The number of rotatable bonds is 5. The van der Waals surface area contributed by atoms with Crippen LogP contribution in [0.25, 0.3) is 0 Å². The lowest BCUT2D eigenvalue weighted by molar-refractivity contribution is -0.150. The van der Waals surface area contributed by atoms with Crippen LogP contribution in [0, 0.1) is 11.3 Å². The summed E-state index contributed by atoms with van der Waals surface area (Å²) < 4.78 is 6.03. The van der Waals surface area contributed by atoms with Gasteiger partial charge in [-0.3, -0.25) is 14.4 Å². The van der Waals surface area contributed by atoms with Gasteiger partial charge in [-0.2, -0.15) is 0 Å². The highest BCUT2D eigenvalue weighted by atomic mass is 16.5. The van der Waals surface area contributed by atoms with E-state index in [1.54, 1.807) is 4.90 Å². The number of benzene rings is 1. The summed E-state index contributed by atoms with van der Waals surface area (Å²) in [5.74, 6) is -0.662. The minimum absolute atomic E-state index is 0.0544. The van der Waals surface area contributed by atoms with Crippen LogP contribution >= 0.6 is 0 Å². The van der Waals surface area contributed by atoms with Crippen molar-refractivity contribution in [2.75, 3.05) is 6.61 Å². The van der Waals surface area contributed by atoms with Gasteiger partial charge in [-0.25, -0.2) is 0 Å². The molecule has 3 aliphatic rings. The monoisotopic (exact) mass is 455 g/mol. The molecule has 3 amide bonds. The highest BCUT2D eigenvalue weighted by Crippen LogP contribution is 2.43. The van der Waals surface area contributed by atoms with E-state index in [9.17, 15) is 14.4 Å². The van der Waals surface area contributed by atoms with Crippen LogP contribution in [0.2, 0.25) is 0 Å². The van der Waals surface area contributed by atoms with Gasteiger partial charge in [-0.05, 0) is 48.6 Å². The molecule has 1 aliphatic carbocycles. The highest BCUT2D eigenvalue weighted by Gasteiger charge is 2.55. The van der Waals surface area contributed by atoms with Crippen LogP contribution < -0.4 is 10.6 Å². The zero-order valence-electron chi connectivity index (χ0n) is 20.2. The molecular formula is C26H37N3O4. The minimum atomic E-state index is -0.670. The van der Waals surface area contributed by atoms with Crippen LogP contribution in [0.1, 0.15) is 77.0 Å². The molecule has 0 bridgehead atoms. The van der Waals surface area contributed by atoms with Crippen molar-refractivity contribution in [3.05, 3.63) is 35.4 Å². The van der Waals surface area contributed by atoms with Crippen molar-refractivity contribution in [1.29, 1.82) is 0 Å². The molecule has 0 radical (unpaired) electrons. The molecule has 1 aromatic carbocycles. The van der Waals surface area contributed by atoms with E-state index in [1.807, 2.05) is 39.8 Å². The lowest BCUT2D eigenvalue weighted by atomic mass is 9.82. The van der Waals surface area contributed by atoms with Crippen LogP contribution in [0.15, 0.2) is 24.3 Å². The molecule has 2 heterocycles. The fraction of sp³-hybridized carbons (Fsp3) is 0.654. The molecule has 0 aromatic heterocycles. The van der Waals surface area contributed by atoms with Gasteiger partial charge in [0.25, 0.3) is 0 Å². The van der Waals surface area contributed by atoms with Gasteiger partial charge in [0.05, 0.1) is 12.6 Å². The van der Waals surface area contributed by atoms with Crippen molar-refractivity contribution >= 4 is 17.7 Å². The smallest absolute Gasteiger partial charge is 0.247 e. The number of nitrogens with one attached hydrogen (secondary N) is 2. The van der Waals surface area contributed by atoms with E-state index < -0.39 is 23.7 Å². The number of fused-ring (bicyclic) bond motifs is 2. The first kappa shape index (κ1) is 23.7. The van der Waals surface area contributed by atoms with E-state index in [1.165, 1.54) is 11.1 Å². The largest absolute Gasteiger partial charge is 0.358 e. The second-order valence-corrected chi connectivity index (χ2v) is 10.5. The van der Waals surface area contributed by atoms with Crippen molar-refractivity contribution in [2.24, 2.45) is 11.3 Å². The number of aryl methyl sites for hydroxylation is 1. The lowest BCUT2D eigenvalue weighted by Crippen LogP contribution is -2.57. The van der Waals surface area contributed by atoms with Crippen molar-refractivity contribution in [2.45, 2.75) is 90.6 Å². The summed E-state index contributed by atoms with van der Waals surface area (Å²) in [6.45, 7) is 8.21. The predicted octanol–water partition coefficient (Wildman–Crippen LogP) is 3.08. The SMILES string of the molecule is CC[C@@H](C)C(=O)N[C@H]1CCO[C@H]2CC(C)(C)C(C(=O)N[C@@H]3CCCc4ccccc43)N2C1=O. The first-order valence-electron chi connectivity index (χ1n) is 12.3. The fourth-order valence-electron chi connectivity index (χ4n) is 5.51. The van der Waals surface area contributed by atoms with Crippen molar-refractivity contribution in [1.82, 2.24) is 15.5 Å². The summed E-state index contributed by atoms with van der Waals surface area (Å²) in [7, 11) is 0. The molecule has 0 spiro atoms. The third-order valence-corrected chi connectivity index (χ3v) is 7.61. The maximum absolute atomic E-state index is 13.7. The van der Waals surface area contributed by atoms with Gasteiger partial charge in [-0.1, -0.05) is 52.0 Å². The summed E-state index contributed by atoms with van der Waals surface area (Å²) in [6, 6.07) is 6.88. The van der Waals surface area contributed by atoms with Crippen LogP contribution in [0.4, 0.5) is 0 Å². The summed E-state index contributed by atoms with van der Waals surface area (Å²) >= 11 is 0. The van der Waals surface area contributed by atoms with Crippen LogP contribution in [0.5, 0.6) is 0 Å². The first-order valence-corrected chi connectivity index (χ1v) is 12.3. The van der Waals surface area contributed by atoms with E-state index in [-0.39, 0.29) is 29.7 Å². The highest BCUT2D eigenvalue weighted by molar-refractivity contribution is 5.93. The molecule has 2 N–H and O–H groups in total. The number of amides is 3. The number of ether oxygens (including phenoxy) is 1. The Hall–Kier alpha value is -2.41. The number of carbonyl (C=O) groups is 3. The summed E-state index contributed by atoms with van der Waals surface area (Å²) in [4.78, 5) is 41.4. The van der Waals surface area contributed by atoms with Gasteiger partial charge in [-0.15, -0.1) is 0 Å². The lowest BCUT2D eigenvalue weighted by Gasteiger charge is -2.35. The fourth-order valence-corrected chi connectivity index (χ4v) is 5.51. The van der Waals surface area contributed by atoms with Gasteiger partial charge < -0.3 is 20.3 Å². The molecule has 4 rings (SSSR count). The summed E-state index contributed by atoms with van der Waals surface area (Å²) in [5, 5.41) is 6.17. The van der Waals surface area contributed by atoms with Crippen molar-refractivity contribution < 1.29 is 19.1 Å². The third kappa shape index (κ3) is 4.65. The van der Waals surface area contributed by atoms with E-state index in [0.717, 1.165) is 19.3 Å². The number of carbonyl (C=O) groups excluding carboxylic acids is 3. The van der Waals surface area contributed by atoms with E-state index in [0.29, 0.717) is 25.9 Å². The Morgan fingerprint density at radius 3 is 2.70 bits per heavy atom. The molecule has 7 nitrogen and oxygen atoms in total. The maximum Gasteiger partial charge on any atom is 0.247 e. The Balaban J connectivity index is 1.56. The summed E-state index contributed by atoms with van der Waals surface area (Å²) in [6.07, 6.45) is 4.19. The van der Waals surface area contributed by atoms with Gasteiger partial charge in [0, 0.05) is 12.3 Å². The third-order valence-electron chi connectivity index (χ3n) is 7.61.